The van der Waals surface area contributed by atoms with Gasteiger partial charge in [0.1, 0.15) is 24.1 Å². The molecular formula is C26H46N3O9P. The summed E-state index contributed by atoms with van der Waals surface area (Å²) in [6, 6.07) is 1.35. The number of hydrogen-bond donors (Lipinski definition) is 5. The number of aliphatic hydroxyl groups is 2. The van der Waals surface area contributed by atoms with Gasteiger partial charge in [-0.1, -0.05) is 90.4 Å². The predicted molar refractivity (Wildman–Crippen MR) is 146 cm³/mol. The normalized spacial score (nSPS) is 21.4. The Morgan fingerprint density at radius 3 is 2.05 bits per heavy atom. The van der Waals surface area contributed by atoms with Crippen molar-refractivity contribution in [2.75, 3.05) is 11.9 Å². The van der Waals surface area contributed by atoms with Gasteiger partial charge in [0.2, 0.25) is 5.91 Å². The summed E-state index contributed by atoms with van der Waals surface area (Å²) < 4.78 is 22.0. The summed E-state index contributed by atoms with van der Waals surface area (Å²) in [4.78, 5) is 46.6. The molecule has 0 radical (unpaired) electrons. The Bertz CT molecular complexity index is 955. The number of rotatable bonds is 20. The number of nitrogens with zero attached hydrogens (tertiary/aromatic N) is 2. The van der Waals surface area contributed by atoms with E-state index in [0.717, 1.165) is 23.8 Å². The number of nitrogens with one attached hydrogen (secondary N) is 1. The molecule has 1 aliphatic heterocycles. The van der Waals surface area contributed by atoms with E-state index < -0.39 is 44.7 Å². The van der Waals surface area contributed by atoms with E-state index in [4.69, 9.17) is 14.5 Å². The highest BCUT2D eigenvalue weighted by atomic mass is 31.2. The van der Waals surface area contributed by atoms with Crippen molar-refractivity contribution in [1.29, 1.82) is 0 Å². The number of amides is 1. The Labute approximate surface area is 230 Å². The standard InChI is InChI=1S/C26H46N3O9P/c1-2-3-4-5-6-7-8-9-10-11-12-13-14-15-16-22(31)27-21-17-18-29(26(33)28-21)25-23(32)24(20(19-30)37-25)38-39(34,35)36/h17-18,20,23-25,30,32H,2-16,19H2,1H3,(H2,34,35,36)(H,27,28,31,33)/t20-,23-,24-,25-/m1/s1. The number of phosphoric acid groups is 1. The third kappa shape index (κ3) is 12.6. The molecule has 4 atom stereocenters. The monoisotopic (exact) mass is 575 g/mol. The molecule has 1 fully saturated rings. The van der Waals surface area contributed by atoms with E-state index in [2.05, 4.69) is 21.7 Å². The zero-order chi connectivity index (χ0) is 28.7. The van der Waals surface area contributed by atoms with Crippen molar-refractivity contribution in [1.82, 2.24) is 9.55 Å². The topological polar surface area (TPSA) is 180 Å². The summed E-state index contributed by atoms with van der Waals surface area (Å²) >= 11 is 0. The van der Waals surface area contributed by atoms with Gasteiger partial charge >= 0.3 is 13.5 Å². The van der Waals surface area contributed by atoms with Crippen LogP contribution in [0.1, 0.15) is 109 Å². The smallest absolute Gasteiger partial charge is 0.394 e. The molecule has 0 unspecified atom stereocenters. The second-order valence-electron chi connectivity index (χ2n) is 10.2. The van der Waals surface area contributed by atoms with Gasteiger partial charge in [-0.25, -0.2) is 9.36 Å². The molecule has 0 aromatic carbocycles. The van der Waals surface area contributed by atoms with Gasteiger partial charge in [0.25, 0.3) is 0 Å². The molecule has 1 saturated heterocycles. The molecular weight excluding hydrogens is 529 g/mol. The molecule has 1 aromatic rings. The Morgan fingerprint density at radius 1 is 1.03 bits per heavy atom. The number of anilines is 1. The van der Waals surface area contributed by atoms with Crippen molar-refractivity contribution < 1.29 is 38.6 Å². The Hall–Kier alpha value is -1.66. The number of carbonyl (C=O) groups is 1. The lowest BCUT2D eigenvalue weighted by molar-refractivity contribution is -0.116. The fourth-order valence-electron chi connectivity index (χ4n) is 4.75. The summed E-state index contributed by atoms with van der Waals surface area (Å²) in [6.07, 6.45) is 12.8. The molecule has 224 valence electrons. The molecule has 0 spiro atoms. The molecule has 0 bridgehead atoms. The lowest BCUT2D eigenvalue weighted by Crippen LogP contribution is -2.37. The van der Waals surface area contributed by atoms with Crippen LogP contribution < -0.4 is 11.0 Å². The first kappa shape index (κ1) is 33.5. The third-order valence-electron chi connectivity index (χ3n) is 6.88. The lowest BCUT2D eigenvalue weighted by atomic mass is 10.0. The first-order valence-electron chi connectivity index (χ1n) is 14.2. The quantitative estimate of drug-likeness (QED) is 0.113. The van der Waals surface area contributed by atoms with Crippen LogP contribution in [0.3, 0.4) is 0 Å². The van der Waals surface area contributed by atoms with Gasteiger partial charge in [0.15, 0.2) is 6.23 Å². The predicted octanol–water partition coefficient (Wildman–Crippen LogP) is 3.78. The second-order valence-corrected chi connectivity index (χ2v) is 11.4. The molecule has 0 saturated carbocycles. The van der Waals surface area contributed by atoms with Gasteiger partial charge in [-0.15, -0.1) is 0 Å². The van der Waals surface area contributed by atoms with Crippen molar-refractivity contribution >= 4 is 19.5 Å². The minimum Gasteiger partial charge on any atom is -0.394 e. The van der Waals surface area contributed by atoms with E-state index in [1.165, 1.54) is 82.9 Å². The second kappa shape index (κ2) is 17.9. The van der Waals surface area contributed by atoms with Crippen molar-refractivity contribution in [3.05, 3.63) is 22.7 Å². The zero-order valence-electron chi connectivity index (χ0n) is 22.9. The fourth-order valence-corrected chi connectivity index (χ4v) is 5.32. The highest BCUT2D eigenvalue weighted by molar-refractivity contribution is 7.46. The van der Waals surface area contributed by atoms with Crippen molar-refractivity contribution in [2.24, 2.45) is 0 Å². The van der Waals surface area contributed by atoms with E-state index in [-0.39, 0.29) is 11.7 Å². The van der Waals surface area contributed by atoms with Gasteiger partial charge in [0, 0.05) is 12.6 Å². The Balaban J connectivity index is 1.64. The van der Waals surface area contributed by atoms with E-state index in [0.29, 0.717) is 6.42 Å². The molecule has 5 N–H and O–H groups in total. The van der Waals surface area contributed by atoms with E-state index in [1.807, 2.05) is 0 Å². The molecule has 2 rings (SSSR count). The largest absolute Gasteiger partial charge is 0.470 e. The number of unbranched alkanes of at least 4 members (excludes halogenated alkanes) is 13. The van der Waals surface area contributed by atoms with Crippen LogP contribution in [0.15, 0.2) is 17.1 Å². The Morgan fingerprint density at radius 2 is 1.56 bits per heavy atom. The lowest BCUT2D eigenvalue weighted by Gasteiger charge is -2.20. The maximum absolute atomic E-state index is 12.5. The van der Waals surface area contributed by atoms with Crippen LogP contribution >= 0.6 is 7.82 Å². The number of ether oxygens (including phenoxy) is 1. The average Bonchev–Trinajstić information content (AvgIpc) is 3.17. The number of aromatic nitrogens is 2. The summed E-state index contributed by atoms with van der Waals surface area (Å²) in [5, 5.41) is 22.4. The third-order valence-corrected chi connectivity index (χ3v) is 7.40. The maximum Gasteiger partial charge on any atom is 0.470 e. The number of carbonyl (C=O) groups excluding carboxylic acids is 1. The van der Waals surface area contributed by atoms with Crippen LogP contribution in [0.5, 0.6) is 0 Å². The summed E-state index contributed by atoms with van der Waals surface area (Å²) in [5.74, 6) is -0.216. The van der Waals surface area contributed by atoms with Gasteiger partial charge in [-0.3, -0.25) is 13.9 Å². The molecule has 12 nitrogen and oxygen atoms in total. The van der Waals surface area contributed by atoms with Gasteiger partial charge < -0.3 is 30.1 Å². The van der Waals surface area contributed by atoms with Gasteiger partial charge in [0.05, 0.1) is 6.61 Å². The van der Waals surface area contributed by atoms with Crippen LogP contribution in [0, 0.1) is 0 Å². The van der Waals surface area contributed by atoms with E-state index >= 15 is 0 Å². The number of phosphoric ester groups is 1. The minimum atomic E-state index is -4.99. The van der Waals surface area contributed by atoms with Gasteiger partial charge in [-0.2, -0.15) is 4.98 Å². The van der Waals surface area contributed by atoms with Crippen LogP contribution in [0.25, 0.3) is 0 Å². The fraction of sp³-hybridized carbons (Fsp3) is 0.808. The average molecular weight is 576 g/mol. The molecule has 13 heteroatoms. The van der Waals surface area contributed by atoms with Crippen molar-refractivity contribution in [3.8, 4) is 0 Å². The first-order chi connectivity index (χ1) is 18.7. The SMILES string of the molecule is CCCCCCCCCCCCCCCCC(=O)Nc1ccn([C@@H]2O[C@H](CO)[C@@H](OP(=O)(O)O)[C@H]2O)c(=O)n1. The summed E-state index contributed by atoms with van der Waals surface area (Å²) in [5.41, 5.74) is -0.859. The molecule has 1 aromatic heterocycles. The highest BCUT2D eigenvalue weighted by Crippen LogP contribution is 2.43. The molecule has 1 aliphatic rings. The number of aliphatic hydroxyl groups excluding tert-OH is 2. The number of hydrogen-bond acceptors (Lipinski definition) is 8. The molecule has 0 aliphatic carbocycles. The first-order valence-corrected chi connectivity index (χ1v) is 15.8. The minimum absolute atomic E-state index is 0.0424. The summed E-state index contributed by atoms with van der Waals surface area (Å²) in [7, 11) is -4.99. The van der Waals surface area contributed by atoms with Crippen molar-refractivity contribution in [2.45, 2.75) is 128 Å². The zero-order valence-corrected chi connectivity index (χ0v) is 23.8. The molecule has 1 amide bonds. The van der Waals surface area contributed by atoms with Crippen LogP contribution in [0.2, 0.25) is 0 Å². The van der Waals surface area contributed by atoms with Gasteiger partial charge in [-0.05, 0) is 12.5 Å². The molecule has 39 heavy (non-hydrogen) atoms. The van der Waals surface area contributed by atoms with Crippen molar-refractivity contribution in [3.63, 3.8) is 0 Å². The highest BCUT2D eigenvalue weighted by Gasteiger charge is 2.48. The van der Waals surface area contributed by atoms with Crippen LogP contribution in [-0.4, -0.2) is 60.4 Å². The van der Waals surface area contributed by atoms with Crippen LogP contribution in [0.4, 0.5) is 5.82 Å². The summed E-state index contributed by atoms with van der Waals surface area (Å²) in [6.45, 7) is 1.54. The van der Waals surface area contributed by atoms with E-state index in [1.54, 1.807) is 0 Å². The maximum atomic E-state index is 12.5. The van der Waals surface area contributed by atoms with Crippen LogP contribution in [-0.2, 0) is 18.6 Å². The van der Waals surface area contributed by atoms with E-state index in [9.17, 15) is 24.4 Å². The molecule has 2 heterocycles. The Kier molecular flexibility index (Phi) is 15.4.